The van der Waals surface area contributed by atoms with Crippen molar-refractivity contribution in [3.63, 3.8) is 0 Å². The van der Waals surface area contributed by atoms with Crippen molar-refractivity contribution in [2.24, 2.45) is 5.73 Å². The zero-order chi connectivity index (χ0) is 12.3. The van der Waals surface area contributed by atoms with Crippen LogP contribution in [0.15, 0.2) is 0 Å². The summed E-state index contributed by atoms with van der Waals surface area (Å²) in [7, 11) is 6.39. The van der Waals surface area contributed by atoms with E-state index >= 15 is 0 Å². The van der Waals surface area contributed by atoms with Crippen LogP contribution in [0.1, 0.15) is 32.6 Å². The maximum Gasteiger partial charge on any atom is 0.108 e. The molecule has 0 aliphatic heterocycles. The predicted octanol–water partition coefficient (Wildman–Crippen LogP) is 1.12. The third kappa shape index (κ3) is 2.55. The van der Waals surface area contributed by atoms with Crippen LogP contribution in [-0.2, 0) is 0 Å². The van der Waals surface area contributed by atoms with Gasteiger partial charge in [0.05, 0.1) is 6.04 Å². The molecule has 0 aromatic rings. The summed E-state index contributed by atoms with van der Waals surface area (Å²) in [6.07, 6.45) is 4.76. The van der Waals surface area contributed by atoms with E-state index in [1.165, 1.54) is 19.3 Å². The molecule has 1 saturated carbocycles. The Labute approximate surface area is 99.3 Å². The lowest BCUT2D eigenvalue weighted by Crippen LogP contribution is -2.59. The van der Waals surface area contributed by atoms with Crippen LogP contribution < -0.4 is 5.73 Å². The summed E-state index contributed by atoms with van der Waals surface area (Å²) in [5, 5.41) is 7.59. The first-order chi connectivity index (χ1) is 7.43. The third-order valence-corrected chi connectivity index (χ3v) is 4.05. The average molecular weight is 226 g/mol. The summed E-state index contributed by atoms with van der Waals surface area (Å²) in [5.74, 6) is 0.290. The zero-order valence-corrected chi connectivity index (χ0v) is 11.1. The van der Waals surface area contributed by atoms with E-state index < -0.39 is 0 Å². The smallest absolute Gasteiger partial charge is 0.108 e. The van der Waals surface area contributed by atoms with Gasteiger partial charge in [-0.05, 0) is 46.8 Å². The quantitative estimate of drug-likeness (QED) is 0.527. The minimum atomic E-state index is 0.0948. The molecule has 0 spiro atoms. The van der Waals surface area contributed by atoms with Crippen LogP contribution in [0.25, 0.3) is 0 Å². The molecule has 0 aromatic heterocycles. The van der Waals surface area contributed by atoms with Crippen LogP contribution in [-0.4, -0.2) is 54.9 Å². The van der Waals surface area contributed by atoms with Crippen molar-refractivity contribution in [1.29, 1.82) is 5.41 Å². The van der Waals surface area contributed by atoms with E-state index in [4.69, 9.17) is 11.1 Å². The minimum absolute atomic E-state index is 0.0948. The summed E-state index contributed by atoms with van der Waals surface area (Å²) in [6, 6.07) is 0.0948. The number of hydrogen-bond donors (Lipinski definition) is 2. The highest BCUT2D eigenvalue weighted by Crippen LogP contribution is 2.36. The van der Waals surface area contributed by atoms with Crippen LogP contribution in [0.3, 0.4) is 0 Å². The predicted molar refractivity (Wildman–Crippen MR) is 68.9 cm³/mol. The van der Waals surface area contributed by atoms with Crippen LogP contribution in [0.5, 0.6) is 0 Å². The molecule has 0 radical (unpaired) electrons. The molecule has 94 valence electrons. The fraction of sp³-hybridized carbons (Fsp3) is 0.917. The molecule has 0 aromatic carbocycles. The van der Waals surface area contributed by atoms with Crippen LogP contribution >= 0.6 is 0 Å². The van der Waals surface area contributed by atoms with Crippen molar-refractivity contribution in [2.45, 2.75) is 44.2 Å². The Kier molecular flexibility index (Phi) is 4.33. The summed E-state index contributed by atoms with van der Waals surface area (Å²) in [5.41, 5.74) is 5.95. The molecule has 3 N–H and O–H groups in total. The first kappa shape index (κ1) is 13.5. The van der Waals surface area contributed by atoms with Gasteiger partial charge in [-0.25, -0.2) is 0 Å². The van der Waals surface area contributed by atoms with Crippen molar-refractivity contribution in [1.82, 2.24) is 9.80 Å². The van der Waals surface area contributed by atoms with Crippen LogP contribution in [0.2, 0.25) is 0 Å². The molecule has 1 aliphatic carbocycles. The van der Waals surface area contributed by atoms with Gasteiger partial charge < -0.3 is 10.6 Å². The molecule has 1 fully saturated rings. The van der Waals surface area contributed by atoms with E-state index in [2.05, 4.69) is 37.9 Å². The van der Waals surface area contributed by atoms with Crippen LogP contribution in [0.4, 0.5) is 0 Å². The number of nitrogens with zero attached hydrogens (tertiary/aromatic N) is 2. The number of nitrogens with one attached hydrogen (secondary N) is 1. The highest BCUT2D eigenvalue weighted by molar-refractivity contribution is 5.82. The van der Waals surface area contributed by atoms with E-state index in [0.29, 0.717) is 11.4 Å². The van der Waals surface area contributed by atoms with Crippen molar-refractivity contribution >= 4 is 5.84 Å². The molecule has 4 nitrogen and oxygen atoms in total. The molecule has 4 heteroatoms. The molecule has 0 saturated heterocycles. The molecule has 1 aliphatic rings. The molecular weight excluding hydrogens is 200 g/mol. The maximum absolute atomic E-state index is 7.59. The van der Waals surface area contributed by atoms with Gasteiger partial charge in [0, 0.05) is 12.1 Å². The van der Waals surface area contributed by atoms with E-state index in [1.807, 2.05) is 0 Å². The van der Waals surface area contributed by atoms with Crippen molar-refractivity contribution in [2.75, 3.05) is 27.7 Å². The Morgan fingerprint density at radius 3 is 2.19 bits per heavy atom. The standard InChI is InChI=1S/C12H26N4/c1-5-10(11(13)14)16(4)9-12(15(2)3)7-6-8-12/h10H,5-9H2,1-4H3,(H3,13,14). The molecule has 1 unspecified atom stereocenters. The van der Waals surface area contributed by atoms with Gasteiger partial charge in [0.1, 0.15) is 5.84 Å². The summed E-state index contributed by atoms with van der Waals surface area (Å²) < 4.78 is 0. The molecule has 1 rings (SSSR count). The molecule has 0 bridgehead atoms. The summed E-state index contributed by atoms with van der Waals surface area (Å²) in [4.78, 5) is 4.57. The fourth-order valence-electron chi connectivity index (χ4n) is 2.68. The van der Waals surface area contributed by atoms with Gasteiger partial charge in [0.2, 0.25) is 0 Å². The number of likely N-dealkylation sites (N-methyl/N-ethyl adjacent to an activating group) is 2. The van der Waals surface area contributed by atoms with E-state index in [0.717, 1.165) is 13.0 Å². The molecule has 0 heterocycles. The topological polar surface area (TPSA) is 56.4 Å². The Morgan fingerprint density at radius 1 is 1.38 bits per heavy atom. The van der Waals surface area contributed by atoms with Crippen LogP contribution in [0, 0.1) is 5.41 Å². The Bertz CT molecular complexity index is 245. The van der Waals surface area contributed by atoms with Gasteiger partial charge >= 0.3 is 0 Å². The largest absolute Gasteiger partial charge is 0.386 e. The average Bonchev–Trinajstić information content (AvgIpc) is 2.11. The second-order valence-electron chi connectivity index (χ2n) is 5.27. The SMILES string of the molecule is CCC(C(=N)N)N(C)CC1(N(C)C)CCC1. The van der Waals surface area contributed by atoms with Gasteiger partial charge in [-0.1, -0.05) is 6.92 Å². The van der Waals surface area contributed by atoms with Gasteiger partial charge in [-0.3, -0.25) is 10.3 Å². The lowest BCUT2D eigenvalue weighted by Gasteiger charge is -2.50. The van der Waals surface area contributed by atoms with Gasteiger partial charge in [-0.2, -0.15) is 0 Å². The second-order valence-corrected chi connectivity index (χ2v) is 5.27. The van der Waals surface area contributed by atoms with Crippen molar-refractivity contribution in [3.8, 4) is 0 Å². The first-order valence-corrected chi connectivity index (χ1v) is 6.14. The van der Waals surface area contributed by atoms with Gasteiger partial charge in [0.15, 0.2) is 0 Å². The maximum atomic E-state index is 7.59. The highest BCUT2D eigenvalue weighted by atomic mass is 15.2. The Balaban J connectivity index is 2.61. The van der Waals surface area contributed by atoms with Gasteiger partial charge in [0.25, 0.3) is 0 Å². The second kappa shape index (κ2) is 5.15. The molecule has 16 heavy (non-hydrogen) atoms. The Morgan fingerprint density at radius 2 is 1.94 bits per heavy atom. The first-order valence-electron chi connectivity index (χ1n) is 6.14. The zero-order valence-electron chi connectivity index (χ0n) is 11.1. The summed E-state index contributed by atoms with van der Waals surface area (Å²) >= 11 is 0. The van der Waals surface area contributed by atoms with Gasteiger partial charge in [-0.15, -0.1) is 0 Å². The lowest BCUT2D eigenvalue weighted by molar-refractivity contribution is 0.0226. The number of rotatable bonds is 6. The number of nitrogens with two attached hydrogens (primary N) is 1. The molecular formula is C12H26N4. The molecule has 1 atom stereocenters. The van der Waals surface area contributed by atoms with E-state index in [-0.39, 0.29) is 6.04 Å². The normalized spacial score (nSPS) is 20.9. The third-order valence-electron chi connectivity index (χ3n) is 4.05. The highest BCUT2D eigenvalue weighted by Gasteiger charge is 2.40. The lowest BCUT2D eigenvalue weighted by atomic mass is 9.75. The van der Waals surface area contributed by atoms with Crippen molar-refractivity contribution in [3.05, 3.63) is 0 Å². The minimum Gasteiger partial charge on any atom is -0.386 e. The number of amidine groups is 1. The fourth-order valence-corrected chi connectivity index (χ4v) is 2.68. The van der Waals surface area contributed by atoms with Crippen molar-refractivity contribution < 1.29 is 0 Å². The van der Waals surface area contributed by atoms with E-state index in [1.54, 1.807) is 0 Å². The molecule has 0 amide bonds. The summed E-state index contributed by atoms with van der Waals surface area (Å²) in [6.45, 7) is 3.10. The Hall–Kier alpha value is -0.610. The monoisotopic (exact) mass is 226 g/mol. The number of hydrogen-bond acceptors (Lipinski definition) is 3. The van der Waals surface area contributed by atoms with E-state index in [9.17, 15) is 0 Å².